The molecule has 0 bridgehead atoms. The number of likely N-dealkylation sites (tertiary alicyclic amines) is 1. The zero-order valence-electron chi connectivity index (χ0n) is 24.0. The van der Waals surface area contributed by atoms with Gasteiger partial charge in [0.15, 0.2) is 56.9 Å². The second-order valence-electron chi connectivity index (χ2n) is 9.98. The first-order valence-electron chi connectivity index (χ1n) is 13.8. The number of carbonyl (C=O) groups excluding carboxylic acids is 2. The van der Waals surface area contributed by atoms with Gasteiger partial charge in [0.1, 0.15) is 0 Å². The maximum atomic E-state index is 12.3. The minimum atomic E-state index is -0.707. The van der Waals surface area contributed by atoms with Crippen molar-refractivity contribution in [2.24, 2.45) is 5.92 Å². The van der Waals surface area contributed by atoms with E-state index in [1.807, 2.05) is 0 Å². The summed E-state index contributed by atoms with van der Waals surface area (Å²) >= 11 is 11.6. The number of guanidine groups is 2. The number of halogens is 2. The molecule has 18 nitrogen and oxygen atoms in total. The van der Waals surface area contributed by atoms with E-state index < -0.39 is 11.8 Å². The SMILES string of the molecule is N=C(NCCCNCC1CCN(CCCNC(=N)NC(=O)c2nc(Cl)c(N)nc2N)CC1)NC(=O)c1nc(Cl)c(N)nc1N. The van der Waals surface area contributed by atoms with E-state index in [-0.39, 0.29) is 56.9 Å². The molecule has 240 valence electrons. The monoisotopic (exact) mass is 652 g/mol. The number of aromatic nitrogens is 4. The Morgan fingerprint density at radius 2 is 1.23 bits per heavy atom. The summed E-state index contributed by atoms with van der Waals surface area (Å²) in [5, 5.41) is 29.4. The van der Waals surface area contributed by atoms with Crippen LogP contribution in [0.25, 0.3) is 0 Å². The molecule has 0 atom stereocenters. The lowest BCUT2D eigenvalue weighted by atomic mass is 9.96. The molecule has 0 aliphatic carbocycles. The first kappa shape index (κ1) is 34.2. The number of nitrogens with one attached hydrogen (secondary N) is 7. The second kappa shape index (κ2) is 16.6. The van der Waals surface area contributed by atoms with Gasteiger partial charge in [0.2, 0.25) is 0 Å². The molecule has 0 spiro atoms. The van der Waals surface area contributed by atoms with Crippen molar-refractivity contribution in [3.05, 3.63) is 21.7 Å². The van der Waals surface area contributed by atoms with Gasteiger partial charge in [-0.1, -0.05) is 23.2 Å². The van der Waals surface area contributed by atoms with Crippen LogP contribution in [0, 0.1) is 16.7 Å². The average Bonchev–Trinajstić information content (AvgIpc) is 2.97. The first-order chi connectivity index (χ1) is 20.9. The predicted octanol–water partition coefficient (Wildman–Crippen LogP) is -0.807. The van der Waals surface area contributed by atoms with Crippen molar-refractivity contribution >= 4 is 70.2 Å². The summed E-state index contributed by atoms with van der Waals surface area (Å²) in [5.74, 6) is -1.68. The summed E-state index contributed by atoms with van der Waals surface area (Å²) < 4.78 is 0. The van der Waals surface area contributed by atoms with Crippen molar-refractivity contribution < 1.29 is 9.59 Å². The maximum absolute atomic E-state index is 12.3. The fraction of sp³-hybridized carbons (Fsp3) is 0.500. The van der Waals surface area contributed by atoms with E-state index in [9.17, 15) is 9.59 Å². The van der Waals surface area contributed by atoms with Crippen LogP contribution in [0.3, 0.4) is 0 Å². The van der Waals surface area contributed by atoms with Crippen LogP contribution in [-0.4, -0.2) is 94.4 Å². The molecule has 0 unspecified atom stereocenters. The third-order valence-corrected chi connectivity index (χ3v) is 7.20. The van der Waals surface area contributed by atoms with Gasteiger partial charge in [0.05, 0.1) is 0 Å². The number of nitrogen functional groups attached to an aromatic ring is 4. The Morgan fingerprint density at radius 1 is 0.750 bits per heavy atom. The molecule has 15 N–H and O–H groups in total. The highest BCUT2D eigenvalue weighted by molar-refractivity contribution is 6.32. The van der Waals surface area contributed by atoms with Crippen LogP contribution < -0.4 is 49.5 Å². The van der Waals surface area contributed by atoms with Gasteiger partial charge in [0, 0.05) is 13.1 Å². The van der Waals surface area contributed by atoms with Gasteiger partial charge in [-0.25, -0.2) is 19.9 Å². The van der Waals surface area contributed by atoms with Gasteiger partial charge in [-0.15, -0.1) is 0 Å². The standard InChI is InChI=1S/C24H38Cl2N16O2/c25-15-19(29)38-17(27)13(36-15)21(43)40-23(31)34-6-1-5-33-11-12-3-9-42(10-4-12)8-2-7-35-24(32)41-22(44)14-18(28)39-20(30)16(26)37-14/h12,33H,1-11H2,(H4,27,29,38)(H4,28,30,39)(H3,31,34,40,43)(H3,32,35,41,44). The van der Waals surface area contributed by atoms with Crippen molar-refractivity contribution in [3.8, 4) is 0 Å². The van der Waals surface area contributed by atoms with Gasteiger partial charge in [-0.2, -0.15) is 0 Å². The Bertz CT molecular complexity index is 1350. The van der Waals surface area contributed by atoms with E-state index in [2.05, 4.69) is 51.4 Å². The molecule has 1 saturated heterocycles. The van der Waals surface area contributed by atoms with Crippen LogP contribution in [0.1, 0.15) is 46.7 Å². The Kier molecular flexibility index (Phi) is 12.9. The van der Waals surface area contributed by atoms with Gasteiger partial charge in [-0.05, 0) is 64.3 Å². The molecule has 2 aromatic rings. The largest absolute Gasteiger partial charge is 0.382 e. The topological polar surface area (TPSA) is 301 Å². The fourth-order valence-corrected chi connectivity index (χ4v) is 4.57. The summed E-state index contributed by atoms with van der Waals surface area (Å²) in [6, 6.07) is 0. The number of nitrogens with zero attached hydrogens (tertiary/aromatic N) is 5. The number of piperidine rings is 1. The minimum Gasteiger partial charge on any atom is -0.382 e. The highest BCUT2D eigenvalue weighted by Crippen LogP contribution is 2.18. The predicted molar refractivity (Wildman–Crippen MR) is 169 cm³/mol. The van der Waals surface area contributed by atoms with Crippen molar-refractivity contribution in [3.63, 3.8) is 0 Å². The van der Waals surface area contributed by atoms with E-state index in [1.54, 1.807) is 0 Å². The molecule has 2 aromatic heterocycles. The number of nitrogens with two attached hydrogens (primary N) is 4. The van der Waals surface area contributed by atoms with Crippen LogP contribution in [0.15, 0.2) is 0 Å². The van der Waals surface area contributed by atoms with Crippen molar-refractivity contribution in [2.75, 3.05) is 68.7 Å². The Hall–Kier alpha value is -4.26. The van der Waals surface area contributed by atoms with E-state index in [0.29, 0.717) is 19.0 Å². The summed E-state index contributed by atoms with van der Waals surface area (Å²) in [6.45, 7) is 5.52. The molecule has 1 aliphatic heterocycles. The number of hydrogen-bond donors (Lipinski definition) is 11. The van der Waals surface area contributed by atoms with Crippen molar-refractivity contribution in [2.45, 2.75) is 25.7 Å². The maximum Gasteiger partial charge on any atom is 0.280 e. The average molecular weight is 654 g/mol. The number of hydrogen-bond acceptors (Lipinski definition) is 14. The molecule has 44 heavy (non-hydrogen) atoms. The van der Waals surface area contributed by atoms with Crippen LogP contribution in [-0.2, 0) is 0 Å². The molecule has 2 amide bonds. The van der Waals surface area contributed by atoms with Crippen LogP contribution >= 0.6 is 23.2 Å². The molecule has 0 saturated carbocycles. The lowest BCUT2D eigenvalue weighted by molar-refractivity contribution is 0.0963. The third kappa shape index (κ3) is 10.5. The number of anilines is 4. The smallest absolute Gasteiger partial charge is 0.280 e. The highest BCUT2D eigenvalue weighted by atomic mass is 35.5. The lowest BCUT2D eigenvalue weighted by Gasteiger charge is -2.32. The van der Waals surface area contributed by atoms with Gasteiger partial charge in [0.25, 0.3) is 11.8 Å². The van der Waals surface area contributed by atoms with Gasteiger partial charge >= 0.3 is 0 Å². The second-order valence-corrected chi connectivity index (χ2v) is 10.7. The van der Waals surface area contributed by atoms with E-state index in [0.717, 1.165) is 58.4 Å². The molecule has 0 aromatic carbocycles. The van der Waals surface area contributed by atoms with Crippen molar-refractivity contribution in [1.29, 1.82) is 10.8 Å². The highest BCUT2D eigenvalue weighted by Gasteiger charge is 2.20. The Balaban J connectivity index is 1.20. The quantitative estimate of drug-likeness (QED) is 0.0759. The molecule has 3 heterocycles. The van der Waals surface area contributed by atoms with Crippen molar-refractivity contribution in [1.82, 2.24) is 51.4 Å². The fourth-order valence-electron chi connectivity index (χ4n) is 4.31. The van der Waals surface area contributed by atoms with Gasteiger partial charge < -0.3 is 43.8 Å². The number of carbonyl (C=O) groups is 2. The van der Waals surface area contributed by atoms with Crippen LogP contribution in [0.2, 0.25) is 10.3 Å². The molecule has 3 rings (SSSR count). The summed E-state index contributed by atoms with van der Waals surface area (Å²) in [4.78, 5) is 42.1. The van der Waals surface area contributed by atoms with Crippen LogP contribution in [0.5, 0.6) is 0 Å². The zero-order valence-corrected chi connectivity index (χ0v) is 25.5. The zero-order chi connectivity index (χ0) is 32.2. The molecular weight excluding hydrogens is 615 g/mol. The summed E-state index contributed by atoms with van der Waals surface area (Å²) in [7, 11) is 0. The Labute approximate surface area is 263 Å². The number of amides is 2. The normalized spacial score (nSPS) is 13.7. The van der Waals surface area contributed by atoms with E-state index in [4.69, 9.17) is 57.0 Å². The molecule has 0 radical (unpaired) electrons. The molecule has 20 heteroatoms. The number of rotatable bonds is 12. The lowest BCUT2D eigenvalue weighted by Crippen LogP contribution is -2.42. The summed E-state index contributed by atoms with van der Waals surface area (Å²) in [6.07, 6.45) is 3.71. The van der Waals surface area contributed by atoms with Crippen LogP contribution in [0.4, 0.5) is 23.3 Å². The van der Waals surface area contributed by atoms with E-state index >= 15 is 0 Å². The summed E-state index contributed by atoms with van der Waals surface area (Å²) in [5.41, 5.74) is 21.9. The first-order valence-corrected chi connectivity index (χ1v) is 14.6. The molecule has 1 aliphatic rings. The third-order valence-electron chi connectivity index (χ3n) is 6.64. The molecular formula is C24H38Cl2N16O2. The Morgan fingerprint density at radius 3 is 1.73 bits per heavy atom. The van der Waals surface area contributed by atoms with Gasteiger partial charge in [-0.3, -0.25) is 31.0 Å². The minimum absolute atomic E-state index is 0.0761. The molecule has 1 fully saturated rings. The van der Waals surface area contributed by atoms with E-state index in [1.165, 1.54) is 0 Å².